The first-order valence-electron chi connectivity index (χ1n) is 10.7. The summed E-state index contributed by atoms with van der Waals surface area (Å²) < 4.78 is 43.0. The summed E-state index contributed by atoms with van der Waals surface area (Å²) in [6.45, 7) is 0.0405. The van der Waals surface area contributed by atoms with Gasteiger partial charge in [0.15, 0.2) is 17.5 Å². The Morgan fingerprint density at radius 3 is 2.79 bits per heavy atom. The molecule has 3 aromatic heterocycles. The molecule has 2 atom stereocenters. The number of nitrogens with zero attached hydrogens (tertiary/aromatic N) is 2. The van der Waals surface area contributed by atoms with Gasteiger partial charge in [-0.05, 0) is 31.8 Å². The van der Waals surface area contributed by atoms with Crippen LogP contribution in [0.3, 0.4) is 0 Å². The molecule has 2 aliphatic rings. The Morgan fingerprint density at radius 1 is 1.12 bits per heavy atom. The number of hydrogen-bond donors (Lipinski definition) is 5. The molecule has 4 heterocycles. The van der Waals surface area contributed by atoms with Gasteiger partial charge in [-0.3, -0.25) is 4.79 Å². The maximum Gasteiger partial charge on any atom is 0.269 e. The number of anilines is 2. The molecular weight excluding hydrogens is 435 g/mol. The van der Waals surface area contributed by atoms with Gasteiger partial charge in [-0.1, -0.05) is 0 Å². The van der Waals surface area contributed by atoms with E-state index in [2.05, 4.69) is 35.9 Å². The van der Waals surface area contributed by atoms with Gasteiger partial charge in [0.2, 0.25) is 0 Å². The topological polar surface area (TPSA) is 111 Å². The fourth-order valence-electron chi connectivity index (χ4n) is 4.35. The van der Waals surface area contributed by atoms with Crippen molar-refractivity contribution in [3.05, 3.63) is 53.5 Å². The Hall–Kier alpha value is -3.76. The maximum absolute atomic E-state index is 14.6. The van der Waals surface area contributed by atoms with Gasteiger partial charge in [-0.15, -0.1) is 0 Å². The second-order valence-electron chi connectivity index (χ2n) is 8.23. The first-order valence-corrected chi connectivity index (χ1v) is 10.7. The standard InChI is InChI=1S/C22H22F3N7O/c23-11-4-14-15(8-28-20(14)27-7-11)19-16(24)6-17(25)21(32-19)30-12-2-1-3-13(5-12)31-22(33)18-9-26-10-29-18/h4,6,8-10,12-13,27-28H,1-3,5,7H2,(H,26,29)(H,30,32)(H,31,33). The van der Waals surface area contributed by atoms with Crippen LogP contribution in [0.2, 0.25) is 0 Å². The van der Waals surface area contributed by atoms with E-state index in [9.17, 15) is 18.0 Å². The highest BCUT2D eigenvalue weighted by atomic mass is 19.1. The van der Waals surface area contributed by atoms with Crippen LogP contribution >= 0.6 is 0 Å². The Kier molecular flexibility index (Phi) is 5.53. The number of halogens is 3. The molecule has 0 bridgehead atoms. The molecule has 0 radical (unpaired) electrons. The molecule has 11 heteroatoms. The van der Waals surface area contributed by atoms with Gasteiger partial charge in [-0.2, -0.15) is 0 Å². The van der Waals surface area contributed by atoms with E-state index in [1.807, 2.05) is 0 Å². The highest BCUT2D eigenvalue weighted by Gasteiger charge is 2.26. The number of carbonyl (C=O) groups excluding carboxylic acids is 1. The summed E-state index contributed by atoms with van der Waals surface area (Å²) in [5.41, 5.74) is 1.06. The number of pyridine rings is 1. The van der Waals surface area contributed by atoms with E-state index in [1.165, 1.54) is 24.8 Å². The maximum atomic E-state index is 14.6. The van der Waals surface area contributed by atoms with Crippen molar-refractivity contribution in [1.82, 2.24) is 25.3 Å². The van der Waals surface area contributed by atoms with E-state index >= 15 is 0 Å². The molecule has 1 aliphatic heterocycles. The van der Waals surface area contributed by atoms with Crippen molar-refractivity contribution in [2.45, 2.75) is 37.8 Å². The lowest BCUT2D eigenvalue weighted by Gasteiger charge is -2.30. The van der Waals surface area contributed by atoms with Gasteiger partial charge in [0.25, 0.3) is 5.91 Å². The smallest absolute Gasteiger partial charge is 0.269 e. The number of aromatic amines is 2. The van der Waals surface area contributed by atoms with E-state index < -0.39 is 17.5 Å². The summed E-state index contributed by atoms with van der Waals surface area (Å²) in [5, 5.41) is 8.89. The van der Waals surface area contributed by atoms with Crippen LogP contribution < -0.4 is 16.0 Å². The molecule has 1 amide bonds. The van der Waals surface area contributed by atoms with Gasteiger partial charge < -0.3 is 25.9 Å². The SMILES string of the molecule is O=C(NC1CCCC(Nc2nc(-c3c[nH]c4c3C=C(F)CN4)c(F)cc2F)C1)c1cnc[nH]1. The Bertz CT molecular complexity index is 1210. The lowest BCUT2D eigenvalue weighted by molar-refractivity contribution is 0.0922. The van der Waals surface area contributed by atoms with Gasteiger partial charge in [-0.25, -0.2) is 23.1 Å². The fourth-order valence-corrected chi connectivity index (χ4v) is 4.35. The molecule has 0 saturated heterocycles. The summed E-state index contributed by atoms with van der Waals surface area (Å²) in [5.74, 6) is -1.83. The normalized spacial score (nSPS) is 19.9. The first-order chi connectivity index (χ1) is 16.0. The molecule has 1 aliphatic carbocycles. The summed E-state index contributed by atoms with van der Waals surface area (Å²) in [6.07, 6.45) is 8.63. The zero-order valence-corrected chi connectivity index (χ0v) is 17.5. The second kappa shape index (κ2) is 8.64. The molecule has 172 valence electrons. The van der Waals surface area contributed by atoms with Crippen LogP contribution in [0.4, 0.5) is 24.8 Å². The van der Waals surface area contributed by atoms with Crippen molar-refractivity contribution in [2.75, 3.05) is 17.2 Å². The zero-order chi connectivity index (χ0) is 22.9. The van der Waals surface area contributed by atoms with Crippen LogP contribution in [0.1, 0.15) is 41.7 Å². The van der Waals surface area contributed by atoms with Crippen LogP contribution in [-0.2, 0) is 0 Å². The molecule has 8 nitrogen and oxygen atoms in total. The molecule has 33 heavy (non-hydrogen) atoms. The Morgan fingerprint density at radius 2 is 1.97 bits per heavy atom. The van der Waals surface area contributed by atoms with Gasteiger partial charge in [0, 0.05) is 35.5 Å². The van der Waals surface area contributed by atoms with Crippen molar-refractivity contribution in [1.29, 1.82) is 0 Å². The Balaban J connectivity index is 1.34. The van der Waals surface area contributed by atoms with Crippen molar-refractivity contribution in [2.24, 2.45) is 0 Å². The van der Waals surface area contributed by atoms with Gasteiger partial charge in [0.05, 0.1) is 19.1 Å². The van der Waals surface area contributed by atoms with Crippen LogP contribution in [0.15, 0.2) is 30.6 Å². The number of imidazole rings is 1. The van der Waals surface area contributed by atoms with E-state index in [4.69, 9.17) is 0 Å². The number of rotatable bonds is 5. The fraction of sp³-hybridized carbons (Fsp3) is 0.318. The van der Waals surface area contributed by atoms with E-state index in [-0.39, 0.29) is 36.0 Å². The molecule has 5 N–H and O–H groups in total. The third-order valence-corrected chi connectivity index (χ3v) is 5.93. The molecule has 0 aromatic carbocycles. The number of aromatic nitrogens is 4. The summed E-state index contributed by atoms with van der Waals surface area (Å²) in [4.78, 5) is 26.0. The van der Waals surface area contributed by atoms with E-state index in [1.54, 1.807) is 0 Å². The van der Waals surface area contributed by atoms with Crippen LogP contribution in [0.5, 0.6) is 0 Å². The second-order valence-corrected chi connectivity index (χ2v) is 8.23. The van der Waals surface area contributed by atoms with Crippen LogP contribution in [-0.4, -0.2) is 44.5 Å². The largest absolute Gasteiger partial charge is 0.365 e. The number of nitrogens with one attached hydrogen (secondary N) is 5. The van der Waals surface area contributed by atoms with Crippen molar-refractivity contribution < 1.29 is 18.0 Å². The monoisotopic (exact) mass is 457 g/mol. The zero-order valence-electron chi connectivity index (χ0n) is 17.5. The third kappa shape index (κ3) is 4.30. The van der Waals surface area contributed by atoms with Crippen molar-refractivity contribution in [3.63, 3.8) is 0 Å². The average molecular weight is 457 g/mol. The molecule has 1 saturated carbocycles. The van der Waals surface area contributed by atoms with Gasteiger partial charge >= 0.3 is 0 Å². The summed E-state index contributed by atoms with van der Waals surface area (Å²) in [7, 11) is 0. The summed E-state index contributed by atoms with van der Waals surface area (Å²) >= 11 is 0. The molecule has 3 aromatic rings. The minimum Gasteiger partial charge on any atom is -0.365 e. The molecule has 2 unspecified atom stereocenters. The molecule has 5 rings (SSSR count). The van der Waals surface area contributed by atoms with Crippen molar-refractivity contribution in [3.8, 4) is 11.3 Å². The Labute approximate surface area is 187 Å². The first kappa shape index (κ1) is 21.1. The number of fused-ring (bicyclic) bond motifs is 1. The predicted octanol–water partition coefficient (Wildman–Crippen LogP) is 3.97. The third-order valence-electron chi connectivity index (χ3n) is 5.93. The highest BCUT2D eigenvalue weighted by molar-refractivity contribution is 5.92. The quantitative estimate of drug-likeness (QED) is 0.398. The molecule has 1 fully saturated rings. The predicted molar refractivity (Wildman–Crippen MR) is 117 cm³/mol. The minimum atomic E-state index is -0.840. The average Bonchev–Trinajstić information content (AvgIpc) is 3.46. The van der Waals surface area contributed by atoms with Crippen molar-refractivity contribution >= 4 is 23.6 Å². The number of carbonyl (C=O) groups is 1. The van der Waals surface area contributed by atoms with Crippen LogP contribution in [0, 0.1) is 11.6 Å². The number of hydrogen-bond acceptors (Lipinski definition) is 5. The number of amides is 1. The minimum absolute atomic E-state index is 0.0405. The van der Waals surface area contributed by atoms with Gasteiger partial charge in [0.1, 0.15) is 23.0 Å². The lowest BCUT2D eigenvalue weighted by atomic mass is 9.91. The van der Waals surface area contributed by atoms with E-state index in [0.29, 0.717) is 29.1 Å². The van der Waals surface area contributed by atoms with Crippen LogP contribution in [0.25, 0.3) is 17.3 Å². The lowest BCUT2D eigenvalue weighted by Crippen LogP contribution is -2.42. The van der Waals surface area contributed by atoms with E-state index in [0.717, 1.165) is 25.3 Å². The molecular formula is C22H22F3N7O. The molecule has 0 spiro atoms. The number of H-pyrrole nitrogens is 2. The highest BCUT2D eigenvalue weighted by Crippen LogP contribution is 2.35. The summed E-state index contributed by atoms with van der Waals surface area (Å²) in [6, 6.07) is 0.511.